The molecule has 2 heteroatoms. The third-order valence-electron chi connectivity index (χ3n) is 3.23. The highest BCUT2D eigenvalue weighted by atomic mass is 32.1. The minimum Gasteiger partial charge on any atom is -0.380 e. The van der Waals surface area contributed by atoms with E-state index in [4.69, 9.17) is 0 Å². The Morgan fingerprint density at radius 3 is 2.29 bits per heavy atom. The number of aliphatic hydroxyl groups is 1. The predicted octanol–water partition coefficient (Wildman–Crippen LogP) is 3.87. The van der Waals surface area contributed by atoms with Gasteiger partial charge in [0, 0.05) is 4.88 Å². The van der Waals surface area contributed by atoms with Gasteiger partial charge in [-0.3, -0.25) is 0 Å². The van der Waals surface area contributed by atoms with Crippen LogP contribution in [-0.4, -0.2) is 5.11 Å². The van der Waals surface area contributed by atoms with Crippen LogP contribution >= 0.6 is 11.3 Å². The Kier molecular flexibility index (Phi) is 3.36. The summed E-state index contributed by atoms with van der Waals surface area (Å²) in [7, 11) is 0. The van der Waals surface area contributed by atoms with Gasteiger partial charge in [-0.2, -0.15) is 0 Å². The molecule has 2 aromatic rings. The normalized spacial score (nSPS) is 14.6. The fourth-order valence-electron chi connectivity index (χ4n) is 2.07. The number of thiophene rings is 1. The van der Waals surface area contributed by atoms with Crippen molar-refractivity contribution in [3.8, 4) is 0 Å². The van der Waals surface area contributed by atoms with E-state index in [2.05, 4.69) is 25.1 Å². The quantitative estimate of drug-likeness (QED) is 0.871. The third kappa shape index (κ3) is 2.28. The van der Waals surface area contributed by atoms with Crippen molar-refractivity contribution in [3.63, 3.8) is 0 Å². The van der Waals surface area contributed by atoms with E-state index in [1.807, 2.05) is 31.4 Å². The number of rotatable bonds is 3. The number of benzene rings is 1. The number of hydrogen-bond acceptors (Lipinski definition) is 2. The lowest BCUT2D eigenvalue weighted by molar-refractivity contribution is 0.106. The van der Waals surface area contributed by atoms with E-state index in [1.54, 1.807) is 11.3 Å². The van der Waals surface area contributed by atoms with Gasteiger partial charge in [-0.1, -0.05) is 31.2 Å². The molecule has 1 nitrogen and oxygen atoms in total. The maximum Gasteiger partial charge on any atom is 0.121 e. The molecule has 0 spiro atoms. The van der Waals surface area contributed by atoms with Crippen LogP contribution in [0.4, 0.5) is 0 Å². The van der Waals surface area contributed by atoms with Gasteiger partial charge >= 0.3 is 0 Å². The summed E-state index contributed by atoms with van der Waals surface area (Å²) >= 11 is 1.61. The lowest BCUT2D eigenvalue weighted by atomic mass is 9.91. The van der Waals surface area contributed by atoms with Gasteiger partial charge < -0.3 is 5.11 Å². The SMILES string of the molecule is CCc1ccc(C(C)(O)c2sccc2C)cc1. The Bertz CT molecular complexity index is 494. The van der Waals surface area contributed by atoms with Crippen molar-refractivity contribution >= 4 is 11.3 Å². The van der Waals surface area contributed by atoms with Crippen molar-refractivity contribution in [3.05, 3.63) is 57.3 Å². The second-order valence-corrected chi connectivity index (χ2v) is 5.47. The summed E-state index contributed by atoms with van der Waals surface area (Å²) < 4.78 is 0. The van der Waals surface area contributed by atoms with Gasteiger partial charge in [0.05, 0.1) is 0 Å². The molecule has 0 aliphatic heterocycles. The monoisotopic (exact) mass is 246 g/mol. The van der Waals surface area contributed by atoms with Crippen LogP contribution in [0.25, 0.3) is 0 Å². The summed E-state index contributed by atoms with van der Waals surface area (Å²) in [5.41, 5.74) is 2.53. The zero-order valence-corrected chi connectivity index (χ0v) is 11.3. The Balaban J connectivity index is 2.40. The molecule has 0 aliphatic carbocycles. The van der Waals surface area contributed by atoms with Crippen LogP contribution in [0, 0.1) is 6.92 Å². The van der Waals surface area contributed by atoms with Gasteiger partial charge in [-0.15, -0.1) is 11.3 Å². The highest BCUT2D eigenvalue weighted by molar-refractivity contribution is 7.10. The molecule has 0 saturated carbocycles. The van der Waals surface area contributed by atoms with Crippen LogP contribution in [0.3, 0.4) is 0 Å². The Morgan fingerprint density at radius 1 is 1.18 bits per heavy atom. The van der Waals surface area contributed by atoms with Crippen molar-refractivity contribution in [1.82, 2.24) is 0 Å². The lowest BCUT2D eigenvalue weighted by Crippen LogP contribution is -2.22. The Morgan fingerprint density at radius 2 is 1.82 bits per heavy atom. The lowest BCUT2D eigenvalue weighted by Gasteiger charge is -2.24. The highest BCUT2D eigenvalue weighted by Gasteiger charge is 2.28. The largest absolute Gasteiger partial charge is 0.380 e. The van der Waals surface area contributed by atoms with Crippen molar-refractivity contribution in [2.75, 3.05) is 0 Å². The van der Waals surface area contributed by atoms with E-state index >= 15 is 0 Å². The van der Waals surface area contributed by atoms with Crippen LogP contribution in [-0.2, 0) is 12.0 Å². The number of hydrogen-bond donors (Lipinski definition) is 1. The topological polar surface area (TPSA) is 20.2 Å². The van der Waals surface area contributed by atoms with Crippen molar-refractivity contribution < 1.29 is 5.11 Å². The second kappa shape index (κ2) is 4.63. The first-order valence-electron chi connectivity index (χ1n) is 5.92. The maximum absolute atomic E-state index is 10.7. The maximum atomic E-state index is 10.7. The molecule has 0 aliphatic rings. The standard InChI is InChI=1S/C15H18OS/c1-4-12-5-7-13(8-6-12)15(3,16)14-11(2)9-10-17-14/h5-10,16H,4H2,1-3H3. The first-order valence-corrected chi connectivity index (χ1v) is 6.80. The molecule has 1 atom stereocenters. The summed E-state index contributed by atoms with van der Waals surface area (Å²) in [5, 5.41) is 12.7. The van der Waals surface area contributed by atoms with Crippen LogP contribution in [0.15, 0.2) is 35.7 Å². The average molecular weight is 246 g/mol. The molecule has 0 amide bonds. The fraction of sp³-hybridized carbons (Fsp3) is 0.333. The van der Waals surface area contributed by atoms with E-state index in [-0.39, 0.29) is 0 Å². The van der Waals surface area contributed by atoms with Crippen molar-refractivity contribution in [2.24, 2.45) is 0 Å². The first kappa shape index (κ1) is 12.3. The molecular weight excluding hydrogens is 228 g/mol. The minimum absolute atomic E-state index is 0.884. The molecule has 1 N–H and O–H groups in total. The summed E-state index contributed by atoms with van der Waals surface area (Å²) in [6.07, 6.45) is 1.03. The summed E-state index contributed by atoms with van der Waals surface area (Å²) in [5.74, 6) is 0. The van der Waals surface area contributed by atoms with E-state index in [0.29, 0.717) is 0 Å². The molecule has 1 aromatic heterocycles. The Labute approximate surface area is 107 Å². The van der Waals surface area contributed by atoms with Gasteiger partial charge in [0.1, 0.15) is 5.60 Å². The fourth-order valence-corrected chi connectivity index (χ4v) is 3.08. The van der Waals surface area contributed by atoms with Crippen molar-refractivity contribution in [2.45, 2.75) is 32.8 Å². The van der Waals surface area contributed by atoms with E-state index in [0.717, 1.165) is 22.4 Å². The zero-order valence-electron chi connectivity index (χ0n) is 10.5. The van der Waals surface area contributed by atoms with Gasteiger partial charge in [0.2, 0.25) is 0 Å². The van der Waals surface area contributed by atoms with Crippen LogP contribution in [0.2, 0.25) is 0 Å². The zero-order chi connectivity index (χ0) is 12.5. The van der Waals surface area contributed by atoms with Crippen LogP contribution in [0.1, 0.15) is 35.4 Å². The molecule has 2 rings (SSSR count). The molecule has 90 valence electrons. The van der Waals surface area contributed by atoms with E-state index < -0.39 is 5.60 Å². The molecule has 1 aromatic carbocycles. The Hall–Kier alpha value is -1.12. The van der Waals surface area contributed by atoms with E-state index in [9.17, 15) is 5.11 Å². The molecule has 0 bridgehead atoms. The molecule has 0 fully saturated rings. The summed E-state index contributed by atoms with van der Waals surface area (Å²) in [6, 6.07) is 10.3. The van der Waals surface area contributed by atoms with Gasteiger partial charge in [-0.05, 0) is 48.4 Å². The molecule has 1 unspecified atom stereocenters. The molecule has 1 heterocycles. The smallest absolute Gasteiger partial charge is 0.121 e. The van der Waals surface area contributed by atoms with Gasteiger partial charge in [0.25, 0.3) is 0 Å². The third-order valence-corrected chi connectivity index (χ3v) is 4.46. The van der Waals surface area contributed by atoms with Crippen molar-refractivity contribution in [1.29, 1.82) is 0 Å². The average Bonchev–Trinajstić information content (AvgIpc) is 2.76. The minimum atomic E-state index is -0.884. The molecule has 17 heavy (non-hydrogen) atoms. The number of aryl methyl sites for hydroxylation is 2. The van der Waals surface area contributed by atoms with E-state index in [1.165, 1.54) is 5.56 Å². The second-order valence-electron chi connectivity index (χ2n) is 4.56. The summed E-state index contributed by atoms with van der Waals surface area (Å²) in [6.45, 7) is 6.05. The molecule has 0 radical (unpaired) electrons. The first-order chi connectivity index (χ1) is 8.05. The van der Waals surface area contributed by atoms with Crippen LogP contribution < -0.4 is 0 Å². The highest BCUT2D eigenvalue weighted by Crippen LogP contribution is 2.34. The van der Waals surface area contributed by atoms with Gasteiger partial charge in [0.15, 0.2) is 0 Å². The molecular formula is C15H18OS. The summed E-state index contributed by atoms with van der Waals surface area (Å²) in [4.78, 5) is 1.03. The molecule has 0 saturated heterocycles. The van der Waals surface area contributed by atoms with Gasteiger partial charge in [-0.25, -0.2) is 0 Å². The predicted molar refractivity (Wildman–Crippen MR) is 73.5 cm³/mol. The van der Waals surface area contributed by atoms with Crippen LogP contribution in [0.5, 0.6) is 0 Å².